The monoisotopic (exact) mass is 222 g/mol. The number of rotatable bonds is 6. The van der Waals surface area contributed by atoms with E-state index in [0.717, 1.165) is 12.8 Å². The standard InChI is InChI=1S/C13H22N2O/c1-10-6-4-5-7-12(10)9-13(15-14)8-11(2)16-3/h4-7,11,13,15H,8-9,14H2,1-3H3. The van der Waals surface area contributed by atoms with Gasteiger partial charge in [0.15, 0.2) is 0 Å². The molecule has 3 nitrogen and oxygen atoms in total. The molecule has 90 valence electrons. The summed E-state index contributed by atoms with van der Waals surface area (Å²) in [6.07, 6.45) is 2.09. The highest BCUT2D eigenvalue weighted by atomic mass is 16.5. The number of aryl methyl sites for hydroxylation is 1. The molecule has 0 saturated heterocycles. The third-order valence-electron chi connectivity index (χ3n) is 2.98. The highest BCUT2D eigenvalue weighted by Crippen LogP contribution is 2.12. The molecule has 0 heterocycles. The Bertz CT molecular complexity index is 315. The van der Waals surface area contributed by atoms with Crippen molar-refractivity contribution >= 4 is 0 Å². The smallest absolute Gasteiger partial charge is 0.0558 e. The van der Waals surface area contributed by atoms with Gasteiger partial charge in [0.25, 0.3) is 0 Å². The Hall–Kier alpha value is -0.900. The first-order valence-electron chi connectivity index (χ1n) is 5.70. The molecule has 1 rings (SSSR count). The fourth-order valence-corrected chi connectivity index (χ4v) is 1.81. The molecule has 0 aliphatic carbocycles. The summed E-state index contributed by atoms with van der Waals surface area (Å²) >= 11 is 0. The van der Waals surface area contributed by atoms with Crippen LogP contribution in [0, 0.1) is 6.92 Å². The highest BCUT2D eigenvalue weighted by molar-refractivity contribution is 5.26. The van der Waals surface area contributed by atoms with E-state index >= 15 is 0 Å². The van der Waals surface area contributed by atoms with E-state index in [4.69, 9.17) is 10.6 Å². The molecule has 0 bridgehead atoms. The third-order valence-corrected chi connectivity index (χ3v) is 2.98. The number of hydrogen-bond donors (Lipinski definition) is 2. The van der Waals surface area contributed by atoms with Crippen LogP contribution in [0.4, 0.5) is 0 Å². The average molecular weight is 222 g/mol. The Balaban J connectivity index is 2.60. The SMILES string of the molecule is COC(C)CC(Cc1ccccc1C)NN. The van der Waals surface area contributed by atoms with Gasteiger partial charge in [-0.15, -0.1) is 0 Å². The molecular formula is C13H22N2O. The van der Waals surface area contributed by atoms with Crippen LogP contribution in [0.25, 0.3) is 0 Å². The molecule has 0 aliphatic rings. The van der Waals surface area contributed by atoms with Gasteiger partial charge in [-0.3, -0.25) is 11.3 Å². The van der Waals surface area contributed by atoms with E-state index in [1.165, 1.54) is 11.1 Å². The Morgan fingerprint density at radius 1 is 1.38 bits per heavy atom. The lowest BCUT2D eigenvalue weighted by atomic mass is 9.98. The summed E-state index contributed by atoms with van der Waals surface area (Å²) in [5, 5.41) is 0. The first-order valence-corrected chi connectivity index (χ1v) is 5.70. The van der Waals surface area contributed by atoms with Crippen LogP contribution in [0.3, 0.4) is 0 Å². The molecule has 2 unspecified atom stereocenters. The number of hydrogen-bond acceptors (Lipinski definition) is 3. The predicted molar refractivity (Wildman–Crippen MR) is 67.1 cm³/mol. The van der Waals surface area contributed by atoms with Crippen molar-refractivity contribution in [3.05, 3.63) is 35.4 Å². The van der Waals surface area contributed by atoms with Gasteiger partial charge >= 0.3 is 0 Å². The summed E-state index contributed by atoms with van der Waals surface area (Å²) in [6, 6.07) is 8.66. The number of nitrogens with two attached hydrogens (primary N) is 1. The number of nitrogens with one attached hydrogen (secondary N) is 1. The normalized spacial score (nSPS) is 14.8. The molecule has 0 aromatic heterocycles. The number of hydrazine groups is 1. The zero-order chi connectivity index (χ0) is 12.0. The second-order valence-corrected chi connectivity index (χ2v) is 4.28. The second kappa shape index (κ2) is 6.63. The molecule has 0 radical (unpaired) electrons. The number of benzene rings is 1. The van der Waals surface area contributed by atoms with Gasteiger partial charge in [0.2, 0.25) is 0 Å². The summed E-state index contributed by atoms with van der Waals surface area (Å²) in [5.74, 6) is 5.57. The molecule has 0 aliphatic heterocycles. The van der Waals surface area contributed by atoms with Gasteiger partial charge in [-0.25, -0.2) is 0 Å². The molecule has 1 aromatic rings. The van der Waals surface area contributed by atoms with Crippen LogP contribution in [-0.4, -0.2) is 19.3 Å². The fraction of sp³-hybridized carbons (Fsp3) is 0.538. The minimum Gasteiger partial charge on any atom is -0.382 e. The van der Waals surface area contributed by atoms with Crippen molar-refractivity contribution in [2.24, 2.45) is 5.84 Å². The largest absolute Gasteiger partial charge is 0.382 e. The molecule has 3 heteroatoms. The molecule has 0 spiro atoms. The van der Waals surface area contributed by atoms with Crippen molar-refractivity contribution in [2.75, 3.05) is 7.11 Å². The second-order valence-electron chi connectivity index (χ2n) is 4.28. The average Bonchev–Trinajstić information content (AvgIpc) is 2.30. The summed E-state index contributed by atoms with van der Waals surface area (Å²) in [6.45, 7) is 4.19. The summed E-state index contributed by atoms with van der Waals surface area (Å²) in [5.41, 5.74) is 5.52. The summed E-state index contributed by atoms with van der Waals surface area (Å²) in [4.78, 5) is 0. The lowest BCUT2D eigenvalue weighted by Crippen LogP contribution is -2.39. The zero-order valence-electron chi connectivity index (χ0n) is 10.4. The van der Waals surface area contributed by atoms with E-state index in [-0.39, 0.29) is 12.1 Å². The van der Waals surface area contributed by atoms with E-state index in [2.05, 4.69) is 43.5 Å². The van der Waals surface area contributed by atoms with E-state index in [9.17, 15) is 0 Å². The maximum Gasteiger partial charge on any atom is 0.0558 e. The maximum atomic E-state index is 5.57. The van der Waals surface area contributed by atoms with E-state index in [1.807, 2.05) is 0 Å². The molecule has 16 heavy (non-hydrogen) atoms. The minimum atomic E-state index is 0.227. The molecule has 1 aromatic carbocycles. The van der Waals surface area contributed by atoms with Gasteiger partial charge in [-0.1, -0.05) is 24.3 Å². The van der Waals surface area contributed by atoms with Crippen molar-refractivity contribution < 1.29 is 4.74 Å². The molecule has 0 saturated carbocycles. The fourth-order valence-electron chi connectivity index (χ4n) is 1.81. The lowest BCUT2D eigenvalue weighted by Gasteiger charge is -2.20. The van der Waals surface area contributed by atoms with Gasteiger partial charge in [0, 0.05) is 13.2 Å². The van der Waals surface area contributed by atoms with Crippen molar-refractivity contribution in [3.8, 4) is 0 Å². The van der Waals surface area contributed by atoms with Crippen LogP contribution >= 0.6 is 0 Å². The Morgan fingerprint density at radius 3 is 2.62 bits per heavy atom. The third kappa shape index (κ3) is 3.93. The summed E-state index contributed by atoms with van der Waals surface area (Å²) in [7, 11) is 1.73. The molecule has 0 amide bonds. The quantitative estimate of drug-likeness (QED) is 0.570. The van der Waals surface area contributed by atoms with Crippen LogP contribution in [0.2, 0.25) is 0 Å². The maximum absolute atomic E-state index is 5.57. The molecule has 2 atom stereocenters. The van der Waals surface area contributed by atoms with Crippen molar-refractivity contribution in [1.82, 2.24) is 5.43 Å². The van der Waals surface area contributed by atoms with Gasteiger partial charge in [-0.2, -0.15) is 0 Å². The van der Waals surface area contributed by atoms with E-state index in [1.54, 1.807) is 7.11 Å². The zero-order valence-corrected chi connectivity index (χ0v) is 10.4. The van der Waals surface area contributed by atoms with Crippen molar-refractivity contribution in [3.63, 3.8) is 0 Å². The van der Waals surface area contributed by atoms with Crippen LogP contribution in [0.5, 0.6) is 0 Å². The van der Waals surface area contributed by atoms with E-state index < -0.39 is 0 Å². The van der Waals surface area contributed by atoms with Crippen molar-refractivity contribution in [1.29, 1.82) is 0 Å². The summed E-state index contributed by atoms with van der Waals surface area (Å²) < 4.78 is 5.25. The van der Waals surface area contributed by atoms with Crippen LogP contribution in [-0.2, 0) is 11.2 Å². The lowest BCUT2D eigenvalue weighted by molar-refractivity contribution is 0.100. The minimum absolute atomic E-state index is 0.227. The van der Waals surface area contributed by atoms with Crippen LogP contribution < -0.4 is 11.3 Å². The molecule has 3 N–H and O–H groups in total. The first kappa shape index (κ1) is 13.2. The van der Waals surface area contributed by atoms with Crippen LogP contribution in [0.15, 0.2) is 24.3 Å². The highest BCUT2D eigenvalue weighted by Gasteiger charge is 2.12. The van der Waals surface area contributed by atoms with Gasteiger partial charge in [0.1, 0.15) is 0 Å². The predicted octanol–water partition coefficient (Wildman–Crippen LogP) is 1.79. The van der Waals surface area contributed by atoms with Gasteiger partial charge in [0.05, 0.1) is 6.10 Å². The Labute approximate surface area is 98.0 Å². The van der Waals surface area contributed by atoms with Crippen LogP contribution in [0.1, 0.15) is 24.5 Å². The Kier molecular flexibility index (Phi) is 5.46. The Morgan fingerprint density at radius 2 is 2.06 bits per heavy atom. The van der Waals surface area contributed by atoms with Crippen molar-refractivity contribution in [2.45, 2.75) is 38.8 Å². The first-order chi connectivity index (χ1) is 7.67. The topological polar surface area (TPSA) is 47.3 Å². The number of ether oxygens (including phenoxy) is 1. The van der Waals surface area contributed by atoms with Gasteiger partial charge < -0.3 is 4.74 Å². The molecule has 0 fully saturated rings. The van der Waals surface area contributed by atoms with E-state index in [0.29, 0.717) is 0 Å². The number of methoxy groups -OCH3 is 1. The molecular weight excluding hydrogens is 200 g/mol. The van der Waals surface area contributed by atoms with Gasteiger partial charge in [-0.05, 0) is 37.8 Å².